The van der Waals surface area contributed by atoms with E-state index < -0.39 is 24.4 Å². The zero-order valence-corrected chi connectivity index (χ0v) is 15.2. The average molecular weight is 390 g/mol. The van der Waals surface area contributed by atoms with Gasteiger partial charge in [0.25, 0.3) is 11.8 Å². The zero-order chi connectivity index (χ0) is 19.4. The normalized spacial score (nSPS) is 21.1. The number of amides is 4. The Bertz CT molecular complexity index is 775. The van der Waals surface area contributed by atoms with Crippen molar-refractivity contribution in [2.24, 2.45) is 11.8 Å². The van der Waals surface area contributed by atoms with Crippen molar-refractivity contribution in [2.75, 3.05) is 13.2 Å². The number of esters is 1. The number of carbonyl (C=O) groups excluding carboxylic acids is 5. The molecule has 2 heterocycles. The molecule has 9 heteroatoms. The Kier molecular flexibility index (Phi) is 5.80. The summed E-state index contributed by atoms with van der Waals surface area (Å²) in [6.07, 6.45) is 4.65. The van der Waals surface area contributed by atoms with Gasteiger partial charge in [-0.1, -0.05) is 18.2 Å². The lowest BCUT2D eigenvalue weighted by Gasteiger charge is -2.14. The molecule has 1 fully saturated rings. The lowest BCUT2D eigenvalue weighted by molar-refractivity contribution is -0.149. The summed E-state index contributed by atoms with van der Waals surface area (Å²) in [7, 11) is 0. The van der Waals surface area contributed by atoms with Gasteiger partial charge in [-0.25, -0.2) is 0 Å². The van der Waals surface area contributed by atoms with E-state index in [1.54, 1.807) is 17.5 Å². The number of imide groups is 2. The van der Waals surface area contributed by atoms with E-state index in [4.69, 9.17) is 4.74 Å². The molecule has 1 aliphatic heterocycles. The number of hydrogen-bond acceptors (Lipinski definition) is 7. The molecule has 1 aromatic heterocycles. The molecule has 142 valence electrons. The maximum atomic E-state index is 12.3. The summed E-state index contributed by atoms with van der Waals surface area (Å²) in [5, 5.41) is 3.81. The molecule has 8 nitrogen and oxygen atoms in total. The number of likely N-dealkylation sites (tertiary alicyclic amines) is 1. The fourth-order valence-corrected chi connectivity index (χ4v) is 3.76. The molecule has 0 unspecified atom stereocenters. The number of nitrogens with one attached hydrogen (secondary N) is 1. The molecule has 1 saturated heterocycles. The van der Waals surface area contributed by atoms with Crippen molar-refractivity contribution < 1.29 is 28.7 Å². The molecule has 2 atom stereocenters. The van der Waals surface area contributed by atoms with Gasteiger partial charge in [-0.05, 0) is 24.3 Å². The van der Waals surface area contributed by atoms with Gasteiger partial charge in [0, 0.05) is 6.54 Å². The first kappa shape index (κ1) is 19.0. The van der Waals surface area contributed by atoms with E-state index >= 15 is 0 Å². The molecule has 0 saturated carbocycles. The van der Waals surface area contributed by atoms with Crippen LogP contribution in [0.5, 0.6) is 0 Å². The predicted octanol–water partition coefficient (Wildman–Crippen LogP) is 0.889. The van der Waals surface area contributed by atoms with Crippen LogP contribution in [-0.2, 0) is 23.9 Å². The van der Waals surface area contributed by atoms with Crippen molar-refractivity contribution in [1.82, 2.24) is 10.2 Å². The van der Waals surface area contributed by atoms with Gasteiger partial charge in [0.1, 0.15) is 0 Å². The number of nitrogens with zero attached hydrogens (tertiary/aromatic N) is 1. The van der Waals surface area contributed by atoms with Crippen LogP contribution in [0.15, 0.2) is 29.7 Å². The van der Waals surface area contributed by atoms with Crippen molar-refractivity contribution in [1.29, 1.82) is 0 Å². The van der Waals surface area contributed by atoms with Gasteiger partial charge in [0.15, 0.2) is 6.61 Å². The van der Waals surface area contributed by atoms with Crippen LogP contribution in [0.1, 0.15) is 28.9 Å². The molecule has 0 bridgehead atoms. The average Bonchev–Trinajstić information content (AvgIpc) is 3.28. The van der Waals surface area contributed by atoms with Crippen molar-refractivity contribution in [2.45, 2.75) is 19.3 Å². The summed E-state index contributed by atoms with van der Waals surface area (Å²) < 4.78 is 4.81. The van der Waals surface area contributed by atoms with Gasteiger partial charge < -0.3 is 4.74 Å². The first-order valence-electron chi connectivity index (χ1n) is 8.51. The Hall–Kier alpha value is -2.81. The third-order valence-electron chi connectivity index (χ3n) is 4.50. The minimum Gasteiger partial charge on any atom is -0.456 e. The Labute approximate surface area is 159 Å². The molecular weight excluding hydrogens is 372 g/mol. The Morgan fingerprint density at radius 1 is 1.15 bits per heavy atom. The Morgan fingerprint density at radius 3 is 2.41 bits per heavy atom. The van der Waals surface area contributed by atoms with E-state index in [0.29, 0.717) is 17.7 Å². The van der Waals surface area contributed by atoms with Crippen LogP contribution in [0.25, 0.3) is 0 Å². The summed E-state index contributed by atoms with van der Waals surface area (Å²) >= 11 is 1.18. The summed E-state index contributed by atoms with van der Waals surface area (Å²) in [4.78, 5) is 61.2. The molecular formula is C18H18N2O6S. The molecule has 4 amide bonds. The number of fused-ring (bicyclic) bond motifs is 1. The molecule has 0 aromatic carbocycles. The molecule has 1 aromatic rings. The van der Waals surface area contributed by atoms with Gasteiger partial charge in [-0.2, -0.15) is 0 Å². The molecule has 27 heavy (non-hydrogen) atoms. The molecule has 0 radical (unpaired) electrons. The minimum atomic E-state index is -0.743. The number of ether oxygens (including phenoxy) is 1. The minimum absolute atomic E-state index is 0.0702. The number of allylic oxidation sites excluding steroid dienone is 2. The topological polar surface area (TPSA) is 110 Å². The van der Waals surface area contributed by atoms with E-state index in [9.17, 15) is 24.0 Å². The maximum absolute atomic E-state index is 12.3. The second-order valence-corrected chi connectivity index (χ2v) is 7.20. The Balaban J connectivity index is 1.41. The second-order valence-electron chi connectivity index (χ2n) is 6.25. The van der Waals surface area contributed by atoms with Crippen molar-refractivity contribution >= 4 is 40.9 Å². The van der Waals surface area contributed by atoms with Crippen LogP contribution < -0.4 is 5.32 Å². The van der Waals surface area contributed by atoms with E-state index in [2.05, 4.69) is 5.32 Å². The highest BCUT2D eigenvalue weighted by atomic mass is 32.1. The maximum Gasteiger partial charge on any atom is 0.308 e. The van der Waals surface area contributed by atoms with Gasteiger partial charge in [-0.3, -0.25) is 34.2 Å². The van der Waals surface area contributed by atoms with Crippen molar-refractivity contribution in [3.05, 3.63) is 34.5 Å². The lowest BCUT2D eigenvalue weighted by Crippen LogP contribution is -2.35. The SMILES string of the molecule is O=C(COC(=O)CCN1C(=O)[C@H]2CC=CC[C@@H]2C1=O)NC(=O)c1cccs1. The highest BCUT2D eigenvalue weighted by Gasteiger charge is 2.46. The first-order valence-corrected chi connectivity index (χ1v) is 9.39. The molecule has 0 spiro atoms. The summed E-state index contributed by atoms with van der Waals surface area (Å²) in [5.41, 5.74) is 0. The highest BCUT2D eigenvalue weighted by Crippen LogP contribution is 2.34. The third kappa shape index (κ3) is 4.30. The largest absolute Gasteiger partial charge is 0.456 e. The summed E-state index contributed by atoms with van der Waals surface area (Å²) in [6, 6.07) is 3.24. The Morgan fingerprint density at radius 2 is 1.81 bits per heavy atom. The fraction of sp³-hybridized carbons (Fsp3) is 0.389. The standard InChI is InChI=1S/C18H18N2O6S/c21-14(19-16(23)13-6-3-9-27-13)10-26-15(22)7-8-20-17(24)11-4-1-2-5-12(11)18(20)25/h1-3,6,9,11-12H,4-5,7-8,10H2,(H,19,21,23)/t11-,12-/m0/s1. The van der Waals surface area contributed by atoms with Crippen LogP contribution in [0.2, 0.25) is 0 Å². The van der Waals surface area contributed by atoms with Gasteiger partial charge in [0.2, 0.25) is 11.8 Å². The predicted molar refractivity (Wildman–Crippen MR) is 94.4 cm³/mol. The van der Waals surface area contributed by atoms with E-state index in [-0.39, 0.29) is 36.6 Å². The molecule has 1 N–H and O–H groups in total. The number of hydrogen-bond donors (Lipinski definition) is 1. The van der Waals surface area contributed by atoms with Crippen LogP contribution >= 0.6 is 11.3 Å². The molecule has 1 aliphatic carbocycles. The van der Waals surface area contributed by atoms with Crippen LogP contribution in [0, 0.1) is 11.8 Å². The lowest BCUT2D eigenvalue weighted by atomic mass is 9.85. The van der Waals surface area contributed by atoms with Gasteiger partial charge >= 0.3 is 5.97 Å². The summed E-state index contributed by atoms with van der Waals surface area (Å²) in [5.74, 6) is -3.23. The smallest absolute Gasteiger partial charge is 0.308 e. The zero-order valence-electron chi connectivity index (χ0n) is 14.4. The number of carbonyl (C=O) groups is 5. The van der Waals surface area contributed by atoms with Gasteiger partial charge in [0.05, 0.1) is 23.1 Å². The second kappa shape index (κ2) is 8.26. The quantitative estimate of drug-likeness (QED) is 0.439. The summed E-state index contributed by atoms with van der Waals surface area (Å²) in [6.45, 7) is -0.674. The van der Waals surface area contributed by atoms with Crippen molar-refractivity contribution in [3.8, 4) is 0 Å². The van der Waals surface area contributed by atoms with E-state index in [1.165, 1.54) is 11.3 Å². The highest BCUT2D eigenvalue weighted by molar-refractivity contribution is 7.12. The van der Waals surface area contributed by atoms with Crippen LogP contribution in [0.4, 0.5) is 0 Å². The number of rotatable bonds is 6. The van der Waals surface area contributed by atoms with Crippen LogP contribution in [-0.4, -0.2) is 47.6 Å². The fourth-order valence-electron chi connectivity index (χ4n) is 3.14. The molecule has 3 rings (SSSR count). The van der Waals surface area contributed by atoms with E-state index in [0.717, 1.165) is 4.90 Å². The molecule has 2 aliphatic rings. The first-order chi connectivity index (χ1) is 13.0. The van der Waals surface area contributed by atoms with Crippen molar-refractivity contribution in [3.63, 3.8) is 0 Å². The third-order valence-corrected chi connectivity index (χ3v) is 5.37. The monoisotopic (exact) mass is 390 g/mol. The van der Waals surface area contributed by atoms with Crippen LogP contribution in [0.3, 0.4) is 0 Å². The number of thiophene rings is 1. The van der Waals surface area contributed by atoms with E-state index in [1.807, 2.05) is 12.2 Å². The van der Waals surface area contributed by atoms with Gasteiger partial charge in [-0.15, -0.1) is 11.3 Å².